The van der Waals surface area contributed by atoms with Crippen LogP contribution in [0.4, 0.5) is 10.5 Å². The summed E-state index contributed by atoms with van der Waals surface area (Å²) in [6, 6.07) is 29.0. The molecule has 2 atom stereocenters. The monoisotopic (exact) mass is 384 g/mol. The van der Waals surface area contributed by atoms with Crippen LogP contribution < -0.4 is 4.90 Å². The second kappa shape index (κ2) is 6.48. The van der Waals surface area contributed by atoms with Gasteiger partial charge in [0.05, 0.1) is 17.8 Å². The number of carbonyl (C=O) groups is 1. The summed E-state index contributed by atoms with van der Waals surface area (Å²) < 4.78 is 6.01. The summed E-state index contributed by atoms with van der Waals surface area (Å²) in [7, 11) is 0. The number of hydrogen-bond acceptors (Lipinski definition) is 4. The average Bonchev–Trinajstić information content (AvgIpc) is 3.31. The summed E-state index contributed by atoms with van der Waals surface area (Å²) in [6.07, 6.45) is -0.0460. The molecule has 2 heterocycles. The summed E-state index contributed by atoms with van der Waals surface area (Å²) in [4.78, 5) is 20.9. The minimum Gasteiger partial charge on any atom is -0.431 e. The smallest absolute Gasteiger partial charge is 0.418 e. The van der Waals surface area contributed by atoms with Gasteiger partial charge in [0.2, 0.25) is 0 Å². The lowest BCUT2D eigenvalue weighted by Crippen LogP contribution is -2.56. The van der Waals surface area contributed by atoms with Crippen LogP contribution in [0.15, 0.2) is 96.2 Å². The van der Waals surface area contributed by atoms with E-state index in [4.69, 9.17) is 9.57 Å². The van der Waals surface area contributed by atoms with Crippen molar-refractivity contribution in [2.24, 2.45) is 5.16 Å². The summed E-state index contributed by atoms with van der Waals surface area (Å²) in [6.45, 7) is 1.90. The molecule has 0 bridgehead atoms. The van der Waals surface area contributed by atoms with Gasteiger partial charge in [-0.15, -0.1) is 0 Å². The Balaban J connectivity index is 1.65. The molecule has 1 spiro atoms. The highest BCUT2D eigenvalue weighted by atomic mass is 16.7. The standard InChI is InChI=1S/C24H20N2O3/c1-23(19-13-7-3-8-14-19)24(17-21(25-29-24)18-11-5-2-6-12-18)26(22(27)28-23)20-15-9-4-10-16-20/h2-16H,17H2,1H3. The van der Waals surface area contributed by atoms with Gasteiger partial charge >= 0.3 is 6.09 Å². The molecule has 5 nitrogen and oxygen atoms in total. The van der Waals surface area contributed by atoms with E-state index in [2.05, 4.69) is 5.16 Å². The maximum absolute atomic E-state index is 13.1. The van der Waals surface area contributed by atoms with Crippen molar-refractivity contribution in [3.05, 3.63) is 102 Å². The van der Waals surface area contributed by atoms with Crippen LogP contribution in [-0.4, -0.2) is 17.5 Å². The third-order valence-corrected chi connectivity index (χ3v) is 5.74. The third-order valence-electron chi connectivity index (χ3n) is 5.74. The molecule has 2 unspecified atom stereocenters. The molecule has 0 aromatic heterocycles. The molecule has 5 rings (SSSR count). The Morgan fingerprint density at radius 2 is 1.45 bits per heavy atom. The Morgan fingerprint density at radius 1 is 0.862 bits per heavy atom. The molecule has 3 aromatic rings. The highest BCUT2D eigenvalue weighted by Crippen LogP contribution is 2.53. The van der Waals surface area contributed by atoms with Crippen LogP contribution in [0.5, 0.6) is 0 Å². The number of benzene rings is 3. The van der Waals surface area contributed by atoms with Crippen LogP contribution in [-0.2, 0) is 15.2 Å². The zero-order chi connectivity index (χ0) is 19.9. The maximum Gasteiger partial charge on any atom is 0.418 e. The van der Waals surface area contributed by atoms with Crippen molar-refractivity contribution >= 4 is 17.5 Å². The van der Waals surface area contributed by atoms with Gasteiger partial charge < -0.3 is 9.57 Å². The summed E-state index contributed by atoms with van der Waals surface area (Å²) >= 11 is 0. The van der Waals surface area contributed by atoms with Crippen LogP contribution >= 0.6 is 0 Å². The van der Waals surface area contributed by atoms with Gasteiger partial charge in [0.15, 0.2) is 5.60 Å². The first-order valence-electron chi connectivity index (χ1n) is 9.58. The van der Waals surface area contributed by atoms with Gasteiger partial charge in [0.1, 0.15) is 0 Å². The summed E-state index contributed by atoms with van der Waals surface area (Å²) in [5.74, 6) is 0. The van der Waals surface area contributed by atoms with Crippen molar-refractivity contribution in [3.63, 3.8) is 0 Å². The maximum atomic E-state index is 13.1. The number of hydrogen-bond donors (Lipinski definition) is 0. The Morgan fingerprint density at radius 3 is 2.10 bits per heavy atom. The van der Waals surface area contributed by atoms with Crippen LogP contribution in [0.1, 0.15) is 24.5 Å². The highest BCUT2D eigenvalue weighted by molar-refractivity contribution is 6.04. The second-order valence-corrected chi connectivity index (χ2v) is 7.39. The van der Waals surface area contributed by atoms with E-state index in [0.717, 1.165) is 16.8 Å². The van der Waals surface area contributed by atoms with Gasteiger partial charge in [-0.25, -0.2) is 9.69 Å². The molecule has 1 saturated heterocycles. The number of oxime groups is 1. The molecule has 144 valence electrons. The molecule has 3 aromatic carbocycles. The molecule has 5 heteroatoms. The lowest BCUT2D eigenvalue weighted by Gasteiger charge is -2.39. The molecule has 1 fully saturated rings. The quantitative estimate of drug-likeness (QED) is 0.633. The normalized spacial score (nSPS) is 25.6. The summed E-state index contributed by atoms with van der Waals surface area (Å²) in [5.41, 5.74) is 1.15. The molecule has 2 aliphatic rings. The number of para-hydroxylation sites is 1. The molecule has 0 saturated carbocycles. The van der Waals surface area contributed by atoms with E-state index < -0.39 is 17.4 Å². The van der Waals surface area contributed by atoms with E-state index in [1.807, 2.05) is 97.9 Å². The molecule has 0 aliphatic carbocycles. The lowest BCUT2D eigenvalue weighted by molar-refractivity contribution is -0.126. The number of nitrogens with zero attached hydrogens (tertiary/aromatic N) is 2. The van der Waals surface area contributed by atoms with Crippen molar-refractivity contribution in [2.45, 2.75) is 24.7 Å². The van der Waals surface area contributed by atoms with Crippen LogP contribution in [0.25, 0.3) is 0 Å². The van der Waals surface area contributed by atoms with Crippen molar-refractivity contribution < 1.29 is 14.4 Å². The van der Waals surface area contributed by atoms with E-state index in [1.54, 1.807) is 4.90 Å². The van der Waals surface area contributed by atoms with Gasteiger partial charge in [-0.1, -0.05) is 84.0 Å². The first-order valence-corrected chi connectivity index (χ1v) is 9.58. The van der Waals surface area contributed by atoms with Crippen LogP contribution in [0, 0.1) is 0 Å². The predicted molar refractivity (Wildman–Crippen MR) is 111 cm³/mol. The van der Waals surface area contributed by atoms with Gasteiger partial charge in [0, 0.05) is 5.56 Å². The van der Waals surface area contributed by atoms with Crippen molar-refractivity contribution in [2.75, 3.05) is 4.90 Å². The zero-order valence-corrected chi connectivity index (χ0v) is 16.0. The molecule has 29 heavy (non-hydrogen) atoms. The van der Waals surface area contributed by atoms with Crippen molar-refractivity contribution in [1.82, 2.24) is 0 Å². The Labute approximate surface area is 169 Å². The fraction of sp³-hybridized carbons (Fsp3) is 0.167. The molecular formula is C24H20N2O3. The number of ether oxygens (including phenoxy) is 1. The van der Waals surface area contributed by atoms with Gasteiger partial charge in [-0.3, -0.25) is 0 Å². The van der Waals surface area contributed by atoms with E-state index in [1.165, 1.54) is 0 Å². The highest BCUT2D eigenvalue weighted by Gasteiger charge is 2.69. The minimum absolute atomic E-state index is 0.406. The topological polar surface area (TPSA) is 51.1 Å². The second-order valence-electron chi connectivity index (χ2n) is 7.39. The number of rotatable bonds is 3. The van der Waals surface area contributed by atoms with E-state index in [0.29, 0.717) is 12.1 Å². The molecule has 0 radical (unpaired) electrons. The van der Waals surface area contributed by atoms with Gasteiger partial charge in [0.25, 0.3) is 5.72 Å². The Kier molecular flexibility index (Phi) is 3.91. The van der Waals surface area contributed by atoms with Crippen molar-refractivity contribution in [3.8, 4) is 0 Å². The van der Waals surface area contributed by atoms with E-state index in [9.17, 15) is 4.79 Å². The number of carbonyl (C=O) groups excluding carboxylic acids is 1. The zero-order valence-electron chi connectivity index (χ0n) is 16.0. The molecule has 0 N–H and O–H groups in total. The lowest BCUT2D eigenvalue weighted by atomic mass is 9.81. The molecular weight excluding hydrogens is 364 g/mol. The largest absolute Gasteiger partial charge is 0.431 e. The molecule has 2 aliphatic heterocycles. The molecule has 1 amide bonds. The van der Waals surface area contributed by atoms with E-state index in [-0.39, 0.29) is 0 Å². The average molecular weight is 384 g/mol. The van der Waals surface area contributed by atoms with Crippen LogP contribution in [0.3, 0.4) is 0 Å². The summed E-state index contributed by atoms with van der Waals surface area (Å²) in [5, 5.41) is 4.42. The Bertz CT molecular complexity index is 1070. The number of cyclic esters (lactones) is 1. The fourth-order valence-electron chi connectivity index (χ4n) is 4.18. The third kappa shape index (κ3) is 2.54. The van der Waals surface area contributed by atoms with Gasteiger partial charge in [-0.2, -0.15) is 0 Å². The minimum atomic E-state index is -1.13. The Hall–Kier alpha value is -3.60. The SMILES string of the molecule is CC1(c2ccccc2)OC(=O)N(c2ccccc2)C12CC(c1ccccc1)=NO2. The van der Waals surface area contributed by atoms with Crippen molar-refractivity contribution in [1.29, 1.82) is 0 Å². The predicted octanol–water partition coefficient (Wildman–Crippen LogP) is 5.08. The van der Waals surface area contributed by atoms with Gasteiger partial charge in [-0.05, 0) is 24.6 Å². The fourth-order valence-corrected chi connectivity index (χ4v) is 4.18. The first-order chi connectivity index (χ1) is 14.1. The number of anilines is 1. The number of amides is 1. The van der Waals surface area contributed by atoms with Crippen LogP contribution in [0.2, 0.25) is 0 Å². The van der Waals surface area contributed by atoms with E-state index >= 15 is 0 Å². The first kappa shape index (κ1) is 17.5.